The van der Waals surface area contributed by atoms with Crippen LogP contribution in [0.3, 0.4) is 0 Å². The van der Waals surface area contributed by atoms with E-state index in [4.69, 9.17) is 9.47 Å². The van der Waals surface area contributed by atoms with Gasteiger partial charge in [0.2, 0.25) is 0 Å². The molecule has 0 spiro atoms. The molecule has 0 aliphatic carbocycles. The Morgan fingerprint density at radius 2 is 2.43 bits per heavy atom. The zero-order valence-electron chi connectivity index (χ0n) is 8.86. The number of hydrogen-bond acceptors (Lipinski definition) is 3. The molecule has 1 aromatic heterocycles. The van der Waals surface area contributed by atoms with E-state index in [0.29, 0.717) is 6.61 Å². The van der Waals surface area contributed by atoms with E-state index in [1.54, 1.807) is 0 Å². The van der Waals surface area contributed by atoms with Gasteiger partial charge in [-0.3, -0.25) is 4.68 Å². The lowest BCUT2D eigenvalue weighted by atomic mass is 10.3. The maximum Gasteiger partial charge on any atom is 0.163 e. The van der Waals surface area contributed by atoms with Gasteiger partial charge in [0.05, 0.1) is 19.3 Å². The lowest BCUT2D eigenvalue weighted by molar-refractivity contribution is -0.139. The van der Waals surface area contributed by atoms with Crippen molar-refractivity contribution in [2.24, 2.45) is 0 Å². The molecule has 14 heavy (non-hydrogen) atoms. The van der Waals surface area contributed by atoms with Crippen molar-refractivity contribution in [3.8, 4) is 0 Å². The second-order valence-corrected chi connectivity index (χ2v) is 4.19. The van der Waals surface area contributed by atoms with Gasteiger partial charge in [0.1, 0.15) is 6.10 Å². The van der Waals surface area contributed by atoms with E-state index in [-0.39, 0.29) is 6.10 Å². The summed E-state index contributed by atoms with van der Waals surface area (Å²) < 4.78 is 13.0. The van der Waals surface area contributed by atoms with Gasteiger partial charge in [-0.2, -0.15) is 5.10 Å². The fourth-order valence-electron chi connectivity index (χ4n) is 1.63. The Hall–Kier alpha value is -0.870. The molecule has 0 aromatic carbocycles. The predicted molar refractivity (Wildman–Crippen MR) is 51.9 cm³/mol. The van der Waals surface area contributed by atoms with Crippen LogP contribution in [0.25, 0.3) is 0 Å². The van der Waals surface area contributed by atoms with Gasteiger partial charge in [-0.15, -0.1) is 0 Å². The number of rotatable bonds is 2. The topological polar surface area (TPSA) is 36.3 Å². The van der Waals surface area contributed by atoms with Crippen molar-refractivity contribution in [2.45, 2.75) is 39.2 Å². The van der Waals surface area contributed by atoms with Crippen LogP contribution < -0.4 is 0 Å². The maximum atomic E-state index is 5.68. The summed E-state index contributed by atoms with van der Waals surface area (Å²) in [4.78, 5) is 0. The van der Waals surface area contributed by atoms with Crippen molar-refractivity contribution < 1.29 is 9.47 Å². The van der Waals surface area contributed by atoms with E-state index in [9.17, 15) is 0 Å². The molecule has 0 amide bonds. The Kier molecular flexibility index (Phi) is 2.33. The van der Waals surface area contributed by atoms with Crippen LogP contribution in [0.1, 0.15) is 19.4 Å². The van der Waals surface area contributed by atoms with Crippen LogP contribution in [0.2, 0.25) is 0 Å². The van der Waals surface area contributed by atoms with E-state index >= 15 is 0 Å². The normalized spacial score (nSPS) is 25.5. The van der Waals surface area contributed by atoms with Gasteiger partial charge in [0.25, 0.3) is 0 Å². The third kappa shape index (κ3) is 2.13. The van der Waals surface area contributed by atoms with Crippen LogP contribution in [0, 0.1) is 6.92 Å². The summed E-state index contributed by atoms with van der Waals surface area (Å²) in [6.07, 6.45) is 3.97. The van der Waals surface area contributed by atoms with Gasteiger partial charge in [0, 0.05) is 6.20 Å². The quantitative estimate of drug-likeness (QED) is 0.716. The van der Waals surface area contributed by atoms with Gasteiger partial charge < -0.3 is 9.47 Å². The number of aromatic nitrogens is 2. The molecule has 1 aromatic rings. The highest BCUT2D eigenvalue weighted by atomic mass is 16.7. The Balaban J connectivity index is 1.94. The summed E-state index contributed by atoms with van der Waals surface area (Å²) >= 11 is 0. The summed E-state index contributed by atoms with van der Waals surface area (Å²) in [6.45, 7) is 7.30. The first-order valence-electron chi connectivity index (χ1n) is 4.86. The first-order valence-corrected chi connectivity index (χ1v) is 4.86. The number of hydrogen-bond donors (Lipinski definition) is 0. The smallest absolute Gasteiger partial charge is 0.163 e. The van der Waals surface area contributed by atoms with Crippen molar-refractivity contribution in [3.63, 3.8) is 0 Å². The van der Waals surface area contributed by atoms with Crippen LogP contribution in [0.15, 0.2) is 12.4 Å². The molecule has 2 heterocycles. The monoisotopic (exact) mass is 196 g/mol. The molecular formula is C10H16N2O2. The van der Waals surface area contributed by atoms with E-state index in [0.717, 1.165) is 6.54 Å². The average Bonchev–Trinajstić information content (AvgIpc) is 2.59. The molecule has 0 saturated carbocycles. The molecule has 1 fully saturated rings. The van der Waals surface area contributed by atoms with Crippen LogP contribution >= 0.6 is 0 Å². The molecule has 78 valence electrons. The molecule has 2 rings (SSSR count). The number of nitrogens with zero attached hydrogens (tertiary/aromatic N) is 2. The summed E-state index contributed by atoms with van der Waals surface area (Å²) in [5.74, 6) is -0.438. The predicted octanol–water partition coefficient (Wildman–Crippen LogP) is 1.34. The fraction of sp³-hybridized carbons (Fsp3) is 0.700. The number of ether oxygens (including phenoxy) is 2. The van der Waals surface area contributed by atoms with Gasteiger partial charge in [0.15, 0.2) is 5.79 Å². The van der Waals surface area contributed by atoms with E-state index in [1.165, 1.54) is 5.56 Å². The molecule has 1 atom stereocenters. The fourth-order valence-corrected chi connectivity index (χ4v) is 1.63. The molecule has 0 bridgehead atoms. The largest absolute Gasteiger partial charge is 0.348 e. The molecule has 0 radical (unpaired) electrons. The minimum atomic E-state index is -0.438. The van der Waals surface area contributed by atoms with Gasteiger partial charge in [-0.25, -0.2) is 0 Å². The summed E-state index contributed by atoms with van der Waals surface area (Å²) in [7, 11) is 0. The second kappa shape index (κ2) is 3.37. The minimum absolute atomic E-state index is 0.115. The molecule has 0 N–H and O–H groups in total. The molecule has 4 heteroatoms. The second-order valence-electron chi connectivity index (χ2n) is 4.19. The minimum Gasteiger partial charge on any atom is -0.348 e. The van der Waals surface area contributed by atoms with Crippen LogP contribution in [-0.4, -0.2) is 28.3 Å². The highest BCUT2D eigenvalue weighted by Gasteiger charge is 2.32. The molecule has 1 saturated heterocycles. The summed E-state index contributed by atoms with van der Waals surface area (Å²) in [6, 6.07) is 0. The van der Waals surface area contributed by atoms with E-state index < -0.39 is 5.79 Å². The van der Waals surface area contributed by atoms with Crippen molar-refractivity contribution in [3.05, 3.63) is 18.0 Å². The summed E-state index contributed by atoms with van der Waals surface area (Å²) in [5.41, 5.74) is 1.17. The first kappa shape index (κ1) is 9.68. The summed E-state index contributed by atoms with van der Waals surface area (Å²) in [5, 5.41) is 4.21. The molecule has 1 unspecified atom stereocenters. The van der Waals surface area contributed by atoms with Crippen molar-refractivity contribution in [2.75, 3.05) is 6.61 Å². The van der Waals surface area contributed by atoms with Gasteiger partial charge in [-0.05, 0) is 26.3 Å². The van der Waals surface area contributed by atoms with E-state index in [1.807, 2.05) is 37.8 Å². The average molecular weight is 196 g/mol. The lowest BCUT2D eigenvalue weighted by Gasteiger charge is -2.16. The molecule has 1 aliphatic heterocycles. The number of aryl methyl sites for hydroxylation is 1. The lowest BCUT2D eigenvalue weighted by Crippen LogP contribution is -2.24. The Labute approximate surface area is 83.8 Å². The van der Waals surface area contributed by atoms with E-state index in [2.05, 4.69) is 5.10 Å². The maximum absolute atomic E-state index is 5.68. The molecular weight excluding hydrogens is 180 g/mol. The zero-order chi connectivity index (χ0) is 10.2. The molecule has 4 nitrogen and oxygen atoms in total. The Morgan fingerprint density at radius 3 is 2.93 bits per heavy atom. The Bertz CT molecular complexity index is 320. The van der Waals surface area contributed by atoms with Crippen LogP contribution in [0.4, 0.5) is 0 Å². The highest BCUT2D eigenvalue weighted by Crippen LogP contribution is 2.22. The SMILES string of the molecule is Cc1cnn(CC2COC(C)(C)O2)c1. The standard InChI is InChI=1S/C10H16N2O2/c1-8-4-11-12(5-8)6-9-7-13-10(2,3)14-9/h4-5,9H,6-7H2,1-3H3. The highest BCUT2D eigenvalue weighted by molar-refractivity contribution is 4.99. The van der Waals surface area contributed by atoms with Gasteiger partial charge >= 0.3 is 0 Å². The van der Waals surface area contributed by atoms with Crippen LogP contribution in [0.5, 0.6) is 0 Å². The molecule has 1 aliphatic rings. The third-order valence-electron chi connectivity index (χ3n) is 2.22. The third-order valence-corrected chi connectivity index (χ3v) is 2.22. The van der Waals surface area contributed by atoms with Crippen molar-refractivity contribution in [1.29, 1.82) is 0 Å². The van der Waals surface area contributed by atoms with Gasteiger partial charge in [-0.1, -0.05) is 0 Å². The van der Waals surface area contributed by atoms with Crippen molar-refractivity contribution >= 4 is 0 Å². The zero-order valence-corrected chi connectivity index (χ0v) is 8.86. The Morgan fingerprint density at radius 1 is 1.64 bits per heavy atom. The van der Waals surface area contributed by atoms with Crippen LogP contribution in [-0.2, 0) is 16.0 Å². The van der Waals surface area contributed by atoms with Crippen molar-refractivity contribution in [1.82, 2.24) is 9.78 Å². The first-order chi connectivity index (χ1) is 6.55.